The number of methoxy groups -OCH3 is 2. The van der Waals surface area contributed by atoms with E-state index in [1.807, 2.05) is 12.1 Å². The van der Waals surface area contributed by atoms with Crippen LogP contribution in [0.5, 0.6) is 11.5 Å². The summed E-state index contributed by atoms with van der Waals surface area (Å²) < 4.78 is 38.9. The molecule has 0 aliphatic heterocycles. The fourth-order valence-electron chi connectivity index (χ4n) is 2.90. The molecule has 4 aromatic rings. The summed E-state index contributed by atoms with van der Waals surface area (Å²) >= 11 is 0. The van der Waals surface area contributed by atoms with E-state index in [1.54, 1.807) is 56.7 Å². The lowest BCUT2D eigenvalue weighted by atomic mass is 10.2. The van der Waals surface area contributed by atoms with Crippen molar-refractivity contribution >= 4 is 38.4 Å². The van der Waals surface area contributed by atoms with Gasteiger partial charge in [0.25, 0.3) is 10.0 Å². The van der Waals surface area contributed by atoms with Crippen molar-refractivity contribution in [2.75, 3.05) is 24.3 Å². The molecule has 3 aromatic carbocycles. The zero-order valence-corrected chi connectivity index (χ0v) is 17.6. The van der Waals surface area contributed by atoms with E-state index in [4.69, 9.17) is 9.47 Å². The number of nitrogens with zero attached hydrogens (tertiary/aromatic N) is 2. The minimum absolute atomic E-state index is 0.0596. The fourth-order valence-corrected chi connectivity index (χ4v) is 3.90. The van der Waals surface area contributed by atoms with Gasteiger partial charge in [-0.05, 0) is 30.3 Å². The highest BCUT2D eigenvalue weighted by atomic mass is 32.2. The van der Waals surface area contributed by atoms with Crippen LogP contribution in [0.3, 0.4) is 0 Å². The van der Waals surface area contributed by atoms with Crippen LogP contribution in [-0.4, -0.2) is 32.6 Å². The van der Waals surface area contributed by atoms with Crippen LogP contribution in [0.25, 0.3) is 11.0 Å². The predicted molar refractivity (Wildman–Crippen MR) is 118 cm³/mol. The Morgan fingerprint density at radius 1 is 0.871 bits per heavy atom. The molecule has 1 aromatic heterocycles. The summed E-state index contributed by atoms with van der Waals surface area (Å²) in [4.78, 5) is 9.12. The molecule has 0 saturated heterocycles. The van der Waals surface area contributed by atoms with Crippen molar-refractivity contribution in [3.05, 3.63) is 72.8 Å². The number of rotatable bonds is 7. The number of anilines is 3. The van der Waals surface area contributed by atoms with Gasteiger partial charge in [0.05, 0.1) is 30.1 Å². The monoisotopic (exact) mass is 435 g/mol. The molecule has 1 radical (unpaired) electrons. The first-order valence-electron chi connectivity index (χ1n) is 9.24. The minimum Gasteiger partial charge on any atom is -0.497 e. The maximum absolute atomic E-state index is 12.9. The Labute approximate surface area is 179 Å². The van der Waals surface area contributed by atoms with Crippen molar-refractivity contribution in [3.8, 4) is 11.5 Å². The van der Waals surface area contributed by atoms with Crippen molar-refractivity contribution in [1.82, 2.24) is 9.97 Å². The molecule has 31 heavy (non-hydrogen) atoms. The lowest BCUT2D eigenvalue weighted by Gasteiger charge is -2.15. The second-order valence-corrected chi connectivity index (χ2v) is 8.16. The Morgan fingerprint density at radius 2 is 1.52 bits per heavy atom. The standard InChI is InChI=1S/C22H19N4O4S/c1-29-16-12-15(13-17(14-16)30-2)23-21-22(25-20-11-7-6-10-19(20)24-21)26-31(27,28)18-8-4-3-5-9-18/h3-4,6-14H,1-2H3,(H,23,24)(H,25,26). The molecule has 0 atom stereocenters. The third kappa shape index (κ3) is 4.51. The van der Waals surface area contributed by atoms with Gasteiger partial charge >= 0.3 is 0 Å². The third-order valence-corrected chi connectivity index (χ3v) is 5.74. The molecule has 0 aliphatic rings. The molecule has 0 fully saturated rings. The first-order valence-corrected chi connectivity index (χ1v) is 10.7. The summed E-state index contributed by atoms with van der Waals surface area (Å²) in [5.41, 5.74) is 1.75. The average Bonchev–Trinajstić information content (AvgIpc) is 2.79. The normalized spacial score (nSPS) is 11.2. The summed E-state index contributed by atoms with van der Waals surface area (Å²) in [5, 5.41) is 3.12. The Kier molecular flexibility index (Phi) is 5.59. The molecule has 0 saturated carbocycles. The van der Waals surface area contributed by atoms with Crippen molar-refractivity contribution in [3.63, 3.8) is 0 Å². The number of nitrogens with one attached hydrogen (secondary N) is 2. The number of ether oxygens (including phenoxy) is 2. The lowest BCUT2D eigenvalue weighted by molar-refractivity contribution is 0.395. The van der Waals surface area contributed by atoms with E-state index < -0.39 is 10.0 Å². The Bertz CT molecular complexity index is 1310. The SMILES string of the molecule is COc1cc(Nc2nc3ccccc3nc2NS(=O)(=O)c2c[c]ccc2)cc(OC)c1. The van der Waals surface area contributed by atoms with E-state index in [0.717, 1.165) is 0 Å². The Balaban J connectivity index is 1.79. The summed E-state index contributed by atoms with van der Waals surface area (Å²) in [7, 11) is -0.803. The van der Waals surface area contributed by atoms with Gasteiger partial charge in [-0.25, -0.2) is 18.4 Å². The quantitative estimate of drug-likeness (QED) is 0.452. The average molecular weight is 435 g/mol. The van der Waals surface area contributed by atoms with Gasteiger partial charge in [0.1, 0.15) is 11.5 Å². The van der Waals surface area contributed by atoms with E-state index >= 15 is 0 Å². The van der Waals surface area contributed by atoms with Crippen LogP contribution in [-0.2, 0) is 10.0 Å². The number of hydrogen-bond donors (Lipinski definition) is 2. The molecule has 0 spiro atoms. The summed E-state index contributed by atoms with van der Waals surface area (Å²) in [6.45, 7) is 0. The van der Waals surface area contributed by atoms with Gasteiger partial charge in [0.2, 0.25) is 0 Å². The number of aromatic nitrogens is 2. The van der Waals surface area contributed by atoms with Gasteiger partial charge in [-0.2, -0.15) is 0 Å². The highest BCUT2D eigenvalue weighted by molar-refractivity contribution is 7.92. The highest BCUT2D eigenvalue weighted by Crippen LogP contribution is 2.31. The first-order chi connectivity index (χ1) is 15.0. The molecule has 2 N–H and O–H groups in total. The van der Waals surface area contributed by atoms with E-state index in [9.17, 15) is 8.42 Å². The number of hydrogen-bond acceptors (Lipinski definition) is 7. The first kappa shape index (κ1) is 20.4. The van der Waals surface area contributed by atoms with Gasteiger partial charge < -0.3 is 14.8 Å². The second-order valence-electron chi connectivity index (χ2n) is 6.48. The molecular weight excluding hydrogens is 416 g/mol. The number of sulfonamides is 1. The third-order valence-electron chi connectivity index (χ3n) is 4.40. The van der Waals surface area contributed by atoms with Crippen LogP contribution < -0.4 is 19.5 Å². The molecular formula is C22H19N4O4S. The van der Waals surface area contributed by atoms with Crippen LogP contribution >= 0.6 is 0 Å². The van der Waals surface area contributed by atoms with Crippen molar-refractivity contribution in [2.45, 2.75) is 4.90 Å². The van der Waals surface area contributed by atoms with Crippen LogP contribution in [0.4, 0.5) is 17.3 Å². The smallest absolute Gasteiger partial charge is 0.263 e. The van der Waals surface area contributed by atoms with Gasteiger partial charge in [-0.1, -0.05) is 24.3 Å². The van der Waals surface area contributed by atoms with Crippen molar-refractivity contribution in [2.24, 2.45) is 0 Å². The molecule has 1 heterocycles. The summed E-state index contributed by atoms with van der Waals surface area (Å²) in [6, 6.07) is 21.3. The van der Waals surface area contributed by atoms with E-state index in [2.05, 4.69) is 26.1 Å². The number of para-hydroxylation sites is 2. The fraction of sp³-hybridized carbons (Fsp3) is 0.0909. The van der Waals surface area contributed by atoms with E-state index in [0.29, 0.717) is 28.2 Å². The van der Waals surface area contributed by atoms with Crippen LogP contribution in [0.15, 0.2) is 71.6 Å². The predicted octanol–water partition coefficient (Wildman–Crippen LogP) is 3.99. The van der Waals surface area contributed by atoms with Crippen LogP contribution in [0.2, 0.25) is 0 Å². The molecule has 8 nitrogen and oxygen atoms in total. The Hall–Kier alpha value is -3.85. The van der Waals surface area contributed by atoms with Crippen LogP contribution in [0, 0.1) is 6.07 Å². The molecule has 0 bridgehead atoms. The zero-order chi connectivity index (χ0) is 21.8. The lowest BCUT2D eigenvalue weighted by Crippen LogP contribution is -2.16. The number of fused-ring (bicyclic) bond motifs is 1. The Morgan fingerprint density at radius 3 is 2.10 bits per heavy atom. The van der Waals surface area contributed by atoms with E-state index in [1.165, 1.54) is 12.1 Å². The molecule has 0 aliphatic carbocycles. The maximum atomic E-state index is 12.9. The van der Waals surface area contributed by atoms with E-state index in [-0.39, 0.29) is 16.5 Å². The summed E-state index contributed by atoms with van der Waals surface area (Å²) in [5.74, 6) is 1.43. The molecule has 0 amide bonds. The topological polar surface area (TPSA) is 102 Å². The van der Waals surface area contributed by atoms with Crippen molar-refractivity contribution < 1.29 is 17.9 Å². The molecule has 4 rings (SSSR count). The largest absolute Gasteiger partial charge is 0.497 e. The van der Waals surface area contributed by atoms with Gasteiger partial charge in [-0.3, -0.25) is 4.72 Å². The minimum atomic E-state index is -3.90. The second kappa shape index (κ2) is 8.49. The summed E-state index contributed by atoms with van der Waals surface area (Å²) in [6.07, 6.45) is 0. The molecule has 0 unspecified atom stereocenters. The van der Waals surface area contributed by atoms with Crippen molar-refractivity contribution in [1.29, 1.82) is 0 Å². The molecule has 157 valence electrons. The van der Waals surface area contributed by atoms with Gasteiger partial charge in [-0.15, -0.1) is 0 Å². The zero-order valence-electron chi connectivity index (χ0n) is 16.8. The number of benzene rings is 3. The molecule has 9 heteroatoms. The maximum Gasteiger partial charge on any atom is 0.263 e. The van der Waals surface area contributed by atoms with Crippen LogP contribution in [0.1, 0.15) is 0 Å². The van der Waals surface area contributed by atoms with Gasteiger partial charge in [0, 0.05) is 23.9 Å². The van der Waals surface area contributed by atoms with Gasteiger partial charge in [0.15, 0.2) is 11.6 Å². The highest BCUT2D eigenvalue weighted by Gasteiger charge is 2.19.